The van der Waals surface area contributed by atoms with Gasteiger partial charge in [0.1, 0.15) is 5.75 Å². The van der Waals surface area contributed by atoms with Gasteiger partial charge in [-0.05, 0) is 17.0 Å². The van der Waals surface area contributed by atoms with Crippen molar-refractivity contribution >= 4 is 0 Å². The molecule has 0 amide bonds. The summed E-state index contributed by atoms with van der Waals surface area (Å²) >= 11 is 0. The van der Waals surface area contributed by atoms with Crippen LogP contribution < -0.4 is 4.74 Å². The summed E-state index contributed by atoms with van der Waals surface area (Å²) in [5, 5.41) is 0. The minimum Gasteiger partial charge on any atom is -0.493 e. The summed E-state index contributed by atoms with van der Waals surface area (Å²) in [7, 11) is 0. The second kappa shape index (κ2) is 3.01. The van der Waals surface area contributed by atoms with Crippen molar-refractivity contribution in [3.8, 4) is 5.75 Å². The van der Waals surface area contributed by atoms with Gasteiger partial charge in [-0.2, -0.15) is 0 Å². The highest BCUT2D eigenvalue weighted by Gasteiger charge is 2.23. The first-order valence-corrected chi connectivity index (χ1v) is 5.26. The van der Waals surface area contributed by atoms with Gasteiger partial charge in [-0.15, -0.1) is 0 Å². The lowest BCUT2D eigenvalue weighted by Crippen LogP contribution is -2.11. The molecule has 14 heavy (non-hydrogen) atoms. The predicted molar refractivity (Wildman–Crippen MR) is 59.1 cm³/mol. The molecule has 1 aliphatic rings. The van der Waals surface area contributed by atoms with Crippen LogP contribution in [-0.2, 0) is 5.41 Å². The summed E-state index contributed by atoms with van der Waals surface area (Å²) in [5.74, 6) is 1.62. The maximum absolute atomic E-state index is 5.58. The number of ether oxygens (including phenoxy) is 1. The molecule has 1 aromatic rings. The molecule has 2 rings (SSSR count). The largest absolute Gasteiger partial charge is 0.493 e. The van der Waals surface area contributed by atoms with E-state index in [-0.39, 0.29) is 5.41 Å². The number of benzene rings is 1. The van der Waals surface area contributed by atoms with Gasteiger partial charge < -0.3 is 4.74 Å². The summed E-state index contributed by atoms with van der Waals surface area (Å²) in [6, 6.07) is 6.59. The fourth-order valence-electron chi connectivity index (χ4n) is 1.84. The number of hydrogen-bond acceptors (Lipinski definition) is 1. The minimum absolute atomic E-state index is 0.233. The van der Waals surface area contributed by atoms with Gasteiger partial charge in [0, 0.05) is 11.5 Å². The monoisotopic (exact) mass is 190 g/mol. The molecule has 0 N–H and O–H groups in total. The van der Waals surface area contributed by atoms with E-state index in [2.05, 4.69) is 45.9 Å². The third kappa shape index (κ3) is 1.52. The Morgan fingerprint density at radius 2 is 2.00 bits per heavy atom. The van der Waals surface area contributed by atoms with Crippen molar-refractivity contribution in [3.05, 3.63) is 29.3 Å². The molecule has 1 heteroatoms. The third-order valence-corrected chi connectivity index (χ3v) is 2.90. The molecule has 0 radical (unpaired) electrons. The first kappa shape index (κ1) is 9.57. The maximum atomic E-state index is 5.58. The second-order valence-corrected chi connectivity index (χ2v) is 5.21. The molecule has 76 valence electrons. The summed E-state index contributed by atoms with van der Waals surface area (Å²) < 4.78 is 5.58. The fraction of sp³-hybridized carbons (Fsp3) is 0.538. The average molecular weight is 190 g/mol. The Labute approximate surface area is 86.1 Å². The SMILES string of the molecule is C[C@H]1COc2ccc(C(C)(C)C)cc21. The first-order chi connectivity index (χ1) is 6.48. The lowest BCUT2D eigenvalue weighted by molar-refractivity contribution is 0.337. The van der Waals surface area contributed by atoms with Gasteiger partial charge in [-0.1, -0.05) is 39.8 Å². The first-order valence-electron chi connectivity index (χ1n) is 5.26. The number of hydrogen-bond donors (Lipinski definition) is 0. The van der Waals surface area contributed by atoms with Crippen LogP contribution in [0.1, 0.15) is 44.7 Å². The molecule has 1 aromatic carbocycles. The minimum atomic E-state index is 0.233. The molecular formula is C13H18O. The van der Waals surface area contributed by atoms with Gasteiger partial charge >= 0.3 is 0 Å². The molecule has 1 heterocycles. The van der Waals surface area contributed by atoms with Crippen LogP contribution in [0.15, 0.2) is 18.2 Å². The van der Waals surface area contributed by atoms with Gasteiger partial charge in [0.15, 0.2) is 0 Å². The molecular weight excluding hydrogens is 172 g/mol. The highest BCUT2D eigenvalue weighted by molar-refractivity contribution is 5.44. The van der Waals surface area contributed by atoms with Crippen LogP contribution in [0.2, 0.25) is 0 Å². The Kier molecular flexibility index (Phi) is 2.06. The van der Waals surface area contributed by atoms with E-state index in [0.717, 1.165) is 12.4 Å². The smallest absolute Gasteiger partial charge is 0.122 e. The van der Waals surface area contributed by atoms with Crippen LogP contribution in [-0.4, -0.2) is 6.61 Å². The van der Waals surface area contributed by atoms with E-state index < -0.39 is 0 Å². The summed E-state index contributed by atoms with van der Waals surface area (Å²) in [6.45, 7) is 9.79. The van der Waals surface area contributed by atoms with Crippen LogP contribution >= 0.6 is 0 Å². The Balaban J connectivity index is 2.45. The van der Waals surface area contributed by atoms with Gasteiger partial charge in [-0.25, -0.2) is 0 Å². The molecule has 0 bridgehead atoms. The Morgan fingerprint density at radius 1 is 1.29 bits per heavy atom. The Bertz CT molecular complexity index is 347. The van der Waals surface area contributed by atoms with Crippen LogP contribution in [0.25, 0.3) is 0 Å². The second-order valence-electron chi connectivity index (χ2n) is 5.21. The lowest BCUT2D eigenvalue weighted by atomic mass is 9.85. The zero-order valence-electron chi connectivity index (χ0n) is 9.42. The standard InChI is InChI=1S/C13H18O/c1-9-8-14-12-6-5-10(7-11(9)12)13(2,3)4/h5-7,9H,8H2,1-4H3/t9-/m0/s1. The van der Waals surface area contributed by atoms with Crippen molar-refractivity contribution in [3.63, 3.8) is 0 Å². The lowest BCUT2D eigenvalue weighted by Gasteiger charge is -2.19. The van der Waals surface area contributed by atoms with Crippen molar-refractivity contribution in [1.82, 2.24) is 0 Å². The molecule has 1 nitrogen and oxygen atoms in total. The Morgan fingerprint density at radius 3 is 2.64 bits per heavy atom. The van der Waals surface area contributed by atoms with E-state index >= 15 is 0 Å². The third-order valence-electron chi connectivity index (χ3n) is 2.90. The summed E-state index contributed by atoms with van der Waals surface area (Å²) in [6.07, 6.45) is 0. The van der Waals surface area contributed by atoms with Crippen LogP contribution in [0.4, 0.5) is 0 Å². The van der Waals surface area contributed by atoms with Crippen molar-refractivity contribution in [2.75, 3.05) is 6.61 Å². The molecule has 0 aromatic heterocycles. The normalized spacial score (nSPS) is 20.4. The highest BCUT2D eigenvalue weighted by atomic mass is 16.5. The molecule has 0 aliphatic carbocycles. The van der Waals surface area contributed by atoms with Gasteiger partial charge in [0.2, 0.25) is 0 Å². The molecule has 0 saturated carbocycles. The van der Waals surface area contributed by atoms with E-state index in [4.69, 9.17) is 4.74 Å². The van der Waals surface area contributed by atoms with E-state index in [1.807, 2.05) is 0 Å². The molecule has 1 atom stereocenters. The van der Waals surface area contributed by atoms with Crippen molar-refractivity contribution in [2.24, 2.45) is 0 Å². The van der Waals surface area contributed by atoms with Crippen molar-refractivity contribution in [1.29, 1.82) is 0 Å². The fourth-order valence-corrected chi connectivity index (χ4v) is 1.84. The zero-order valence-corrected chi connectivity index (χ0v) is 9.42. The molecule has 0 unspecified atom stereocenters. The number of fused-ring (bicyclic) bond motifs is 1. The van der Waals surface area contributed by atoms with E-state index in [9.17, 15) is 0 Å². The van der Waals surface area contributed by atoms with Crippen molar-refractivity contribution in [2.45, 2.75) is 39.0 Å². The topological polar surface area (TPSA) is 9.23 Å². The van der Waals surface area contributed by atoms with Gasteiger partial charge in [-0.3, -0.25) is 0 Å². The molecule has 0 saturated heterocycles. The quantitative estimate of drug-likeness (QED) is 0.608. The highest BCUT2D eigenvalue weighted by Crippen LogP contribution is 2.36. The van der Waals surface area contributed by atoms with Crippen LogP contribution in [0, 0.1) is 0 Å². The number of rotatable bonds is 0. The molecule has 0 fully saturated rings. The van der Waals surface area contributed by atoms with E-state index in [1.165, 1.54) is 11.1 Å². The van der Waals surface area contributed by atoms with E-state index in [0.29, 0.717) is 5.92 Å². The van der Waals surface area contributed by atoms with Crippen molar-refractivity contribution < 1.29 is 4.74 Å². The van der Waals surface area contributed by atoms with E-state index in [1.54, 1.807) is 0 Å². The average Bonchev–Trinajstić information content (AvgIpc) is 2.46. The maximum Gasteiger partial charge on any atom is 0.122 e. The summed E-state index contributed by atoms with van der Waals surface area (Å²) in [5.41, 5.74) is 3.00. The van der Waals surface area contributed by atoms with Gasteiger partial charge in [0.05, 0.1) is 6.61 Å². The predicted octanol–water partition coefficient (Wildman–Crippen LogP) is 3.48. The summed E-state index contributed by atoms with van der Waals surface area (Å²) in [4.78, 5) is 0. The molecule has 1 aliphatic heterocycles. The van der Waals surface area contributed by atoms with Crippen LogP contribution in [0.3, 0.4) is 0 Å². The zero-order chi connectivity index (χ0) is 10.3. The Hall–Kier alpha value is -0.980. The van der Waals surface area contributed by atoms with Gasteiger partial charge in [0.25, 0.3) is 0 Å². The molecule has 0 spiro atoms. The van der Waals surface area contributed by atoms with Crippen LogP contribution in [0.5, 0.6) is 5.75 Å².